The highest BCUT2D eigenvalue weighted by molar-refractivity contribution is 6.28. The fraction of sp³-hybridized carbons (Fsp3) is 0.324. The SMILES string of the molecule is Cc1cccc(C)c1-c1cc2c3cc4c(cc3c(-c3c(C)cccc3C)cc2c2cc3c(cc12)C1=CC(C)(C(C)(C)C)Cc2cc(C(C)(C)C)cc-3c21)-c1cc(C(C)(C)C)cc2cc(C(C)(C)C)cc-4c12. The Kier molecular flexibility index (Phi) is 9.49. The molecule has 3 aliphatic carbocycles. The van der Waals surface area contributed by atoms with Gasteiger partial charge in [-0.2, -0.15) is 0 Å². The summed E-state index contributed by atoms with van der Waals surface area (Å²) < 4.78 is 0. The Labute approximate surface area is 424 Å². The highest BCUT2D eigenvalue weighted by Crippen LogP contribution is 2.59. The first-order valence-electron chi connectivity index (χ1n) is 26.5. The van der Waals surface area contributed by atoms with Crippen LogP contribution in [-0.4, -0.2) is 0 Å². The van der Waals surface area contributed by atoms with Gasteiger partial charge < -0.3 is 0 Å². The van der Waals surface area contributed by atoms with Gasteiger partial charge in [0.05, 0.1) is 0 Å². The zero-order valence-electron chi connectivity index (χ0n) is 45.7. The van der Waals surface area contributed by atoms with Crippen LogP contribution in [0, 0.1) is 38.5 Å². The second kappa shape index (κ2) is 14.7. The summed E-state index contributed by atoms with van der Waals surface area (Å²) in [5, 5.41) is 10.7. The van der Waals surface area contributed by atoms with Crippen LogP contribution in [0.15, 0.2) is 115 Å². The Balaban J connectivity index is 1.28. The van der Waals surface area contributed by atoms with Gasteiger partial charge in [-0.15, -0.1) is 0 Å². The van der Waals surface area contributed by atoms with Crippen molar-refractivity contribution in [2.75, 3.05) is 0 Å². The largest absolute Gasteiger partial charge is 0.0692 e. The molecule has 0 aliphatic heterocycles. The number of rotatable bonds is 2. The number of benzene rings is 9. The molecule has 12 rings (SSSR count). The zero-order valence-corrected chi connectivity index (χ0v) is 45.7. The lowest BCUT2D eigenvalue weighted by molar-refractivity contribution is 0.167. The molecule has 0 aromatic heterocycles. The fourth-order valence-electron chi connectivity index (χ4n) is 13.1. The second-order valence-electron chi connectivity index (χ2n) is 26.7. The normalized spacial score (nSPS) is 16.3. The molecule has 0 fully saturated rings. The minimum atomic E-state index is -0.00999. The van der Waals surface area contributed by atoms with Crippen LogP contribution >= 0.6 is 0 Å². The Morgan fingerprint density at radius 1 is 0.366 bits per heavy atom. The first-order valence-corrected chi connectivity index (χ1v) is 26.5. The molecule has 0 saturated carbocycles. The van der Waals surface area contributed by atoms with Crippen molar-refractivity contribution in [3.8, 4) is 55.6 Å². The molecule has 1 atom stereocenters. The topological polar surface area (TPSA) is 0 Å². The van der Waals surface area contributed by atoms with Gasteiger partial charge in [0.25, 0.3) is 0 Å². The van der Waals surface area contributed by atoms with Gasteiger partial charge in [-0.05, 0) is 276 Å². The van der Waals surface area contributed by atoms with Gasteiger partial charge in [0, 0.05) is 0 Å². The molecule has 3 aliphatic rings. The molecule has 1 unspecified atom stereocenters. The van der Waals surface area contributed by atoms with Crippen LogP contribution in [0.3, 0.4) is 0 Å². The van der Waals surface area contributed by atoms with Gasteiger partial charge in [0.2, 0.25) is 0 Å². The summed E-state index contributed by atoms with van der Waals surface area (Å²) in [6, 6.07) is 44.5. The number of hydrogen-bond donors (Lipinski definition) is 0. The van der Waals surface area contributed by atoms with Gasteiger partial charge in [-0.3, -0.25) is 0 Å². The average molecular weight is 925 g/mol. The van der Waals surface area contributed by atoms with Gasteiger partial charge in [0.1, 0.15) is 0 Å². The summed E-state index contributed by atoms with van der Waals surface area (Å²) in [4.78, 5) is 0. The van der Waals surface area contributed by atoms with E-state index in [4.69, 9.17) is 0 Å². The molecule has 0 amide bonds. The summed E-state index contributed by atoms with van der Waals surface area (Å²) in [5.41, 5.74) is 28.8. The molecule has 9 aromatic carbocycles. The Morgan fingerprint density at radius 3 is 1.17 bits per heavy atom. The Bertz CT molecular complexity index is 3860. The maximum atomic E-state index is 2.67. The maximum Gasteiger partial charge on any atom is -0.00260 e. The van der Waals surface area contributed by atoms with Crippen molar-refractivity contribution in [3.63, 3.8) is 0 Å². The zero-order chi connectivity index (χ0) is 50.4. The number of aryl methyl sites for hydroxylation is 4. The molecule has 9 aromatic rings. The average Bonchev–Trinajstić information content (AvgIpc) is 3.75. The van der Waals surface area contributed by atoms with Crippen molar-refractivity contribution in [2.45, 2.75) is 140 Å². The highest BCUT2D eigenvalue weighted by atomic mass is 14.5. The van der Waals surface area contributed by atoms with E-state index in [0.717, 1.165) is 6.42 Å². The fourth-order valence-corrected chi connectivity index (χ4v) is 13.1. The van der Waals surface area contributed by atoms with E-state index < -0.39 is 0 Å². The van der Waals surface area contributed by atoms with E-state index in [1.54, 1.807) is 0 Å². The summed E-state index contributed by atoms with van der Waals surface area (Å²) >= 11 is 0. The van der Waals surface area contributed by atoms with Crippen LogP contribution < -0.4 is 0 Å². The molecule has 356 valence electrons. The van der Waals surface area contributed by atoms with Crippen molar-refractivity contribution in [2.24, 2.45) is 10.8 Å². The lowest BCUT2D eigenvalue weighted by Crippen LogP contribution is -2.35. The van der Waals surface area contributed by atoms with Gasteiger partial charge in [-0.1, -0.05) is 151 Å². The van der Waals surface area contributed by atoms with E-state index in [-0.39, 0.29) is 27.1 Å². The van der Waals surface area contributed by atoms with Crippen molar-refractivity contribution >= 4 is 48.7 Å². The molecule has 71 heavy (non-hydrogen) atoms. The van der Waals surface area contributed by atoms with Crippen molar-refractivity contribution < 1.29 is 0 Å². The molecular formula is C71H72. The number of fused-ring (bicyclic) bond motifs is 11. The van der Waals surface area contributed by atoms with Crippen molar-refractivity contribution in [1.82, 2.24) is 0 Å². The van der Waals surface area contributed by atoms with Crippen LogP contribution in [0.1, 0.15) is 146 Å². The predicted molar refractivity (Wildman–Crippen MR) is 311 cm³/mol. The smallest absolute Gasteiger partial charge is 0.00260 e. The third-order valence-corrected chi connectivity index (χ3v) is 17.9. The molecule has 0 nitrogen and oxygen atoms in total. The Hall–Kier alpha value is -6.24. The molecule has 0 heterocycles. The first kappa shape index (κ1) is 45.9. The molecule has 0 heteroatoms. The lowest BCUT2D eigenvalue weighted by atomic mass is 9.61. The van der Waals surface area contributed by atoms with Gasteiger partial charge in [-0.25, -0.2) is 0 Å². The highest BCUT2D eigenvalue weighted by Gasteiger charge is 2.43. The van der Waals surface area contributed by atoms with Crippen LogP contribution in [0.2, 0.25) is 0 Å². The maximum absolute atomic E-state index is 2.67. The molecule has 0 N–H and O–H groups in total. The van der Waals surface area contributed by atoms with E-state index in [1.165, 1.54) is 160 Å². The molecule has 0 spiro atoms. The van der Waals surface area contributed by atoms with Gasteiger partial charge >= 0.3 is 0 Å². The molecule has 0 bridgehead atoms. The van der Waals surface area contributed by atoms with Gasteiger partial charge in [0.15, 0.2) is 0 Å². The molecular weight excluding hydrogens is 853 g/mol. The predicted octanol–water partition coefficient (Wildman–Crippen LogP) is 20.4. The van der Waals surface area contributed by atoms with Crippen LogP contribution in [0.5, 0.6) is 0 Å². The quantitative estimate of drug-likeness (QED) is 0.152. The van der Waals surface area contributed by atoms with E-state index in [9.17, 15) is 0 Å². The summed E-state index contributed by atoms with van der Waals surface area (Å²) in [7, 11) is 0. The Morgan fingerprint density at radius 2 is 0.732 bits per heavy atom. The van der Waals surface area contributed by atoms with E-state index >= 15 is 0 Å². The van der Waals surface area contributed by atoms with E-state index in [1.807, 2.05) is 0 Å². The standard InChI is InChI=1S/C71H72/c1-38-20-18-21-39(2)63(38)60-34-50-48-31-55-56(62-37-71(17,70(14,15)16)36-43-26-46(69(11,12)13)29-59(55)66(43)62)33-52(48)61(64-40(3)22-19-23-41(64)4)35-49(50)47-30-53-54(32-51(47)60)58-28-45(68(8,9)10)25-42-24-44(67(5,6)7)27-57(53)65(42)58/h18-35,37H,36H2,1-17H3. The minimum absolute atomic E-state index is 0.00313. The molecule has 0 saturated heterocycles. The third-order valence-electron chi connectivity index (χ3n) is 17.9. The second-order valence-corrected chi connectivity index (χ2v) is 26.7. The first-order chi connectivity index (χ1) is 33.2. The summed E-state index contributed by atoms with van der Waals surface area (Å²) in [5.74, 6) is 0. The van der Waals surface area contributed by atoms with Crippen LogP contribution in [-0.2, 0) is 22.7 Å². The lowest BCUT2D eigenvalue weighted by Gasteiger charge is -2.43. The molecule has 0 radical (unpaired) electrons. The van der Waals surface area contributed by atoms with E-state index in [0.29, 0.717) is 0 Å². The number of allylic oxidation sites excluding steroid dienone is 1. The van der Waals surface area contributed by atoms with Crippen LogP contribution in [0.4, 0.5) is 0 Å². The third kappa shape index (κ3) is 6.68. The number of hydrogen-bond acceptors (Lipinski definition) is 0. The monoisotopic (exact) mass is 925 g/mol. The van der Waals surface area contributed by atoms with Crippen LogP contribution in [0.25, 0.3) is 104 Å². The van der Waals surface area contributed by atoms with Crippen molar-refractivity contribution in [1.29, 1.82) is 0 Å². The summed E-state index contributed by atoms with van der Waals surface area (Å²) in [6.07, 6.45) is 3.71. The van der Waals surface area contributed by atoms with E-state index in [2.05, 4.69) is 233 Å². The minimum Gasteiger partial charge on any atom is -0.0692 e. The summed E-state index contributed by atoms with van der Waals surface area (Å²) in [6.45, 7) is 40.4. The van der Waals surface area contributed by atoms with Crippen molar-refractivity contribution in [3.05, 3.63) is 171 Å².